The molecule has 0 spiro atoms. The van der Waals surface area contributed by atoms with Crippen LogP contribution in [0.2, 0.25) is 0 Å². The summed E-state index contributed by atoms with van der Waals surface area (Å²) >= 11 is 1.57. The third kappa shape index (κ3) is 3.94. The highest BCUT2D eigenvalue weighted by atomic mass is 32.2. The highest BCUT2D eigenvalue weighted by Crippen LogP contribution is 2.35. The fraction of sp³-hybridized carbons (Fsp3) is 0.318. The molecule has 1 aromatic heterocycles. The van der Waals surface area contributed by atoms with Gasteiger partial charge in [0.1, 0.15) is 0 Å². The van der Waals surface area contributed by atoms with Gasteiger partial charge in [-0.15, -0.1) is 11.8 Å². The Hall–Kier alpha value is -2.25. The van der Waals surface area contributed by atoms with Crippen LogP contribution in [0.15, 0.2) is 47.4 Å². The van der Waals surface area contributed by atoms with Crippen molar-refractivity contribution in [3.63, 3.8) is 0 Å². The Balaban J connectivity index is 1.87. The Morgan fingerprint density at radius 1 is 1.07 bits per heavy atom. The van der Waals surface area contributed by atoms with Crippen molar-refractivity contribution < 1.29 is 17.9 Å². The van der Waals surface area contributed by atoms with Crippen molar-refractivity contribution in [1.29, 1.82) is 0 Å². The highest BCUT2D eigenvalue weighted by Gasteiger charge is 2.35. The van der Waals surface area contributed by atoms with Crippen LogP contribution >= 0.6 is 11.8 Å². The molecule has 29 heavy (non-hydrogen) atoms. The number of fused-ring (bicyclic) bond motifs is 1. The molecule has 0 amide bonds. The molecule has 0 atom stereocenters. The highest BCUT2D eigenvalue weighted by molar-refractivity contribution is 7.98. The first kappa shape index (κ1) is 20.0. The van der Waals surface area contributed by atoms with Crippen LogP contribution < -0.4 is 0 Å². The molecule has 1 aliphatic rings. The molecule has 0 fully saturated rings. The van der Waals surface area contributed by atoms with Crippen LogP contribution in [0.1, 0.15) is 28.8 Å². The van der Waals surface area contributed by atoms with Gasteiger partial charge in [-0.3, -0.25) is 0 Å². The lowest BCUT2D eigenvalue weighted by Gasteiger charge is -2.13. The molecule has 1 heterocycles. The van der Waals surface area contributed by atoms with Crippen LogP contribution in [-0.2, 0) is 30.4 Å². The average molecular weight is 418 g/mol. The van der Waals surface area contributed by atoms with Crippen molar-refractivity contribution in [3.05, 3.63) is 64.8 Å². The van der Waals surface area contributed by atoms with Crippen molar-refractivity contribution in [1.82, 2.24) is 9.78 Å². The van der Waals surface area contributed by atoms with Gasteiger partial charge < -0.3 is 4.74 Å². The van der Waals surface area contributed by atoms with Crippen LogP contribution in [-0.4, -0.2) is 23.1 Å². The largest absolute Gasteiger partial charge is 0.435 e. The van der Waals surface area contributed by atoms with Gasteiger partial charge in [0.25, 0.3) is 0 Å². The van der Waals surface area contributed by atoms with Crippen LogP contribution in [0.25, 0.3) is 16.9 Å². The number of benzene rings is 2. The lowest BCUT2D eigenvalue weighted by Crippen LogP contribution is -2.07. The molecule has 0 N–H and O–H groups in total. The maximum Gasteiger partial charge on any atom is 0.435 e. The van der Waals surface area contributed by atoms with Crippen LogP contribution in [0.3, 0.4) is 0 Å². The van der Waals surface area contributed by atoms with Crippen LogP contribution in [0.4, 0.5) is 13.2 Å². The summed E-state index contributed by atoms with van der Waals surface area (Å²) in [6, 6.07) is 12.6. The number of aryl methyl sites for hydroxylation is 2. The molecule has 7 heteroatoms. The number of alkyl halides is 3. The normalized spacial score (nSPS) is 13.7. The summed E-state index contributed by atoms with van der Waals surface area (Å²) in [6.07, 6.45) is 0.524. The molecule has 0 saturated carbocycles. The van der Waals surface area contributed by atoms with Crippen molar-refractivity contribution in [3.8, 4) is 16.9 Å². The molecule has 0 saturated heterocycles. The second-order valence-electron chi connectivity index (χ2n) is 7.09. The van der Waals surface area contributed by atoms with Crippen molar-refractivity contribution >= 4 is 11.8 Å². The minimum atomic E-state index is -4.51. The Morgan fingerprint density at radius 3 is 2.59 bits per heavy atom. The monoisotopic (exact) mass is 418 g/mol. The van der Waals surface area contributed by atoms with Crippen molar-refractivity contribution in [2.45, 2.75) is 36.9 Å². The summed E-state index contributed by atoms with van der Waals surface area (Å²) in [4.78, 5) is 1.03. The second-order valence-corrected chi connectivity index (χ2v) is 7.94. The van der Waals surface area contributed by atoms with Gasteiger partial charge in [-0.2, -0.15) is 18.3 Å². The van der Waals surface area contributed by atoms with E-state index in [4.69, 9.17) is 4.74 Å². The van der Waals surface area contributed by atoms with Gasteiger partial charge in [0.05, 0.1) is 18.0 Å². The Morgan fingerprint density at radius 2 is 1.86 bits per heavy atom. The quantitative estimate of drug-likeness (QED) is 0.482. The van der Waals surface area contributed by atoms with E-state index in [-0.39, 0.29) is 0 Å². The first-order valence-electron chi connectivity index (χ1n) is 9.36. The molecule has 0 unspecified atom stereocenters. The number of ether oxygens (including phenoxy) is 1. The molecule has 4 rings (SSSR count). The molecular formula is C22H21F3N2OS. The second kappa shape index (κ2) is 7.88. The third-order valence-electron chi connectivity index (χ3n) is 5.20. The van der Waals surface area contributed by atoms with Gasteiger partial charge in [-0.05, 0) is 72.5 Å². The minimum Gasteiger partial charge on any atom is -0.380 e. The maximum absolute atomic E-state index is 13.5. The van der Waals surface area contributed by atoms with Gasteiger partial charge in [0.15, 0.2) is 5.69 Å². The number of rotatable bonds is 5. The summed E-state index contributed by atoms with van der Waals surface area (Å²) in [5, 5.41) is 3.92. The van der Waals surface area contributed by atoms with E-state index < -0.39 is 11.9 Å². The van der Waals surface area contributed by atoms with Gasteiger partial charge in [-0.1, -0.05) is 12.1 Å². The summed E-state index contributed by atoms with van der Waals surface area (Å²) in [6.45, 7) is 0.381. The van der Waals surface area contributed by atoms with E-state index in [2.05, 4.69) is 5.10 Å². The van der Waals surface area contributed by atoms with Gasteiger partial charge in [0.2, 0.25) is 0 Å². The van der Waals surface area contributed by atoms with Crippen LogP contribution in [0, 0.1) is 0 Å². The Labute approximate surface area is 171 Å². The molecule has 1 aliphatic carbocycles. The molecule has 0 aliphatic heterocycles. The fourth-order valence-electron chi connectivity index (χ4n) is 3.82. The predicted octanol–water partition coefficient (Wildman–Crippen LogP) is 5.92. The van der Waals surface area contributed by atoms with E-state index in [9.17, 15) is 13.2 Å². The summed E-state index contributed by atoms with van der Waals surface area (Å²) in [5.41, 5.74) is 4.28. The number of thioether (sulfide) groups is 1. The first-order valence-corrected chi connectivity index (χ1v) is 10.6. The van der Waals surface area contributed by atoms with Crippen molar-refractivity contribution in [2.24, 2.45) is 0 Å². The standard InChI is InChI=1S/C22H21F3N2OS/c1-28-13-17-11-18(8-9-20(17)29-2)27-19(12-21(26-27)22(23,24)25)16-7-6-14-4-3-5-15(14)10-16/h6-12H,3-5,13H2,1-2H3. The van der Waals surface area contributed by atoms with E-state index in [1.165, 1.54) is 15.8 Å². The molecule has 2 aromatic carbocycles. The number of hydrogen-bond acceptors (Lipinski definition) is 3. The lowest BCUT2D eigenvalue weighted by atomic mass is 10.0. The fourth-order valence-corrected chi connectivity index (χ4v) is 4.40. The molecule has 152 valence electrons. The zero-order valence-corrected chi connectivity index (χ0v) is 17.0. The number of nitrogens with zero attached hydrogens (tertiary/aromatic N) is 2. The maximum atomic E-state index is 13.5. The SMILES string of the molecule is COCc1cc(-n2nc(C(F)(F)F)cc2-c2ccc3c(c2)CCC3)ccc1SC. The molecule has 3 nitrogen and oxygen atoms in total. The zero-order valence-electron chi connectivity index (χ0n) is 16.2. The van der Waals surface area contributed by atoms with Gasteiger partial charge in [0, 0.05) is 17.6 Å². The van der Waals surface area contributed by atoms with E-state index in [0.29, 0.717) is 18.0 Å². The van der Waals surface area contributed by atoms with Crippen LogP contribution in [0.5, 0.6) is 0 Å². The number of aromatic nitrogens is 2. The topological polar surface area (TPSA) is 27.1 Å². The minimum absolute atomic E-state index is 0.381. The summed E-state index contributed by atoms with van der Waals surface area (Å²) in [7, 11) is 1.60. The third-order valence-corrected chi connectivity index (χ3v) is 6.04. The lowest BCUT2D eigenvalue weighted by molar-refractivity contribution is -0.141. The Bertz CT molecular complexity index is 1040. The average Bonchev–Trinajstić information content (AvgIpc) is 3.34. The smallest absolute Gasteiger partial charge is 0.380 e. The van der Waals surface area contributed by atoms with Gasteiger partial charge in [-0.25, -0.2) is 4.68 Å². The van der Waals surface area contributed by atoms with E-state index >= 15 is 0 Å². The van der Waals surface area contributed by atoms with E-state index in [1.807, 2.05) is 36.6 Å². The predicted molar refractivity (Wildman–Crippen MR) is 109 cm³/mol. The number of halogens is 3. The molecule has 0 bridgehead atoms. The number of methoxy groups -OCH3 is 1. The summed E-state index contributed by atoms with van der Waals surface area (Å²) < 4.78 is 47.0. The first-order chi connectivity index (χ1) is 13.9. The number of hydrogen-bond donors (Lipinski definition) is 0. The van der Waals surface area contributed by atoms with E-state index in [0.717, 1.165) is 41.4 Å². The van der Waals surface area contributed by atoms with Crippen molar-refractivity contribution in [2.75, 3.05) is 13.4 Å². The van der Waals surface area contributed by atoms with E-state index in [1.54, 1.807) is 24.9 Å². The molecule has 0 radical (unpaired) electrons. The molecular weight excluding hydrogens is 397 g/mol. The molecule has 3 aromatic rings. The Kier molecular flexibility index (Phi) is 5.44. The summed E-state index contributed by atoms with van der Waals surface area (Å²) in [5.74, 6) is 0. The zero-order chi connectivity index (χ0) is 20.6. The van der Waals surface area contributed by atoms with Gasteiger partial charge >= 0.3 is 6.18 Å².